The number of carbonyl (C=O) groups is 1. The number of rotatable bonds is 23. The van der Waals surface area contributed by atoms with Gasteiger partial charge in [0.25, 0.3) is 10.1 Å². The molecule has 3 atom stereocenters. The lowest BCUT2D eigenvalue weighted by Gasteiger charge is -2.22. The van der Waals surface area contributed by atoms with Crippen LogP contribution in [-0.4, -0.2) is 53.1 Å². The smallest absolute Gasteiger partial charge is 0.267 e. The van der Waals surface area contributed by atoms with E-state index in [4.69, 9.17) is 0 Å². The van der Waals surface area contributed by atoms with Gasteiger partial charge in [0.05, 0.1) is 17.9 Å². The Balaban J connectivity index is 4.43. The van der Waals surface area contributed by atoms with E-state index in [1.165, 1.54) is 63.9 Å². The normalized spacial score (nSPS) is 15.0. The highest BCUT2D eigenvalue weighted by Crippen LogP contribution is 2.11. The molecule has 0 saturated carbocycles. The van der Waals surface area contributed by atoms with Gasteiger partial charge in [-0.25, -0.2) is 0 Å². The first-order valence-corrected chi connectivity index (χ1v) is 15.3. The highest BCUT2D eigenvalue weighted by molar-refractivity contribution is 7.85. The molecule has 0 saturated heterocycles. The van der Waals surface area contributed by atoms with Gasteiger partial charge in [0.1, 0.15) is 6.10 Å². The van der Waals surface area contributed by atoms with Gasteiger partial charge in [-0.05, 0) is 38.5 Å². The molecule has 0 aromatic carbocycles. The Hall–Kier alpha value is -1.22. The molecule has 0 rings (SSSR count). The largest absolute Gasteiger partial charge is 0.387 e. The summed E-state index contributed by atoms with van der Waals surface area (Å²) in [6, 6.07) is -1.24. The minimum absolute atomic E-state index is 0.195. The van der Waals surface area contributed by atoms with Gasteiger partial charge in [0.15, 0.2) is 0 Å². The van der Waals surface area contributed by atoms with E-state index in [0.717, 1.165) is 32.1 Å². The molecule has 0 aromatic heterocycles. The summed E-state index contributed by atoms with van der Waals surface area (Å²) in [6.45, 7) is 4.36. The van der Waals surface area contributed by atoms with E-state index < -0.39 is 40.0 Å². The molecule has 0 aliphatic rings. The Morgan fingerprint density at radius 3 is 1.83 bits per heavy atom. The average molecular weight is 518 g/mol. The van der Waals surface area contributed by atoms with Crippen molar-refractivity contribution in [3.05, 3.63) is 24.3 Å². The monoisotopic (exact) mass is 517 g/mol. The van der Waals surface area contributed by atoms with Gasteiger partial charge < -0.3 is 15.5 Å². The van der Waals surface area contributed by atoms with Gasteiger partial charge >= 0.3 is 0 Å². The molecule has 35 heavy (non-hydrogen) atoms. The molecule has 7 nitrogen and oxygen atoms in total. The van der Waals surface area contributed by atoms with E-state index in [2.05, 4.69) is 19.2 Å². The number of carbonyl (C=O) groups excluding carboxylic acids is 1. The highest BCUT2D eigenvalue weighted by atomic mass is 32.2. The molecule has 0 heterocycles. The van der Waals surface area contributed by atoms with E-state index in [-0.39, 0.29) is 6.42 Å². The van der Waals surface area contributed by atoms with Gasteiger partial charge in [-0.15, -0.1) is 0 Å². The van der Waals surface area contributed by atoms with Crippen LogP contribution in [0.3, 0.4) is 0 Å². The third-order valence-electron chi connectivity index (χ3n) is 5.99. The van der Waals surface area contributed by atoms with Gasteiger partial charge in [-0.1, -0.05) is 102 Å². The summed E-state index contributed by atoms with van der Waals surface area (Å²) in [5, 5.41) is 22.9. The van der Waals surface area contributed by atoms with Crippen LogP contribution >= 0.6 is 0 Å². The lowest BCUT2D eigenvalue weighted by molar-refractivity contribution is -0.130. The lowest BCUT2D eigenvalue weighted by Crippen LogP contribution is -2.50. The van der Waals surface area contributed by atoms with Crippen LogP contribution in [0.4, 0.5) is 0 Å². The quantitative estimate of drug-likeness (QED) is 0.0809. The molecule has 0 fully saturated rings. The maximum Gasteiger partial charge on any atom is 0.267 e. The fourth-order valence-electron chi connectivity index (χ4n) is 3.81. The zero-order valence-corrected chi connectivity index (χ0v) is 22.9. The first-order valence-electron chi connectivity index (χ1n) is 13.6. The minimum atomic E-state index is -4.43. The van der Waals surface area contributed by atoms with Crippen molar-refractivity contribution in [3.8, 4) is 0 Å². The Labute approximate surface area is 214 Å². The predicted octanol–water partition coefficient (Wildman–Crippen LogP) is 5.47. The second-order valence-corrected chi connectivity index (χ2v) is 11.0. The fourth-order valence-corrected chi connectivity index (χ4v) is 4.54. The van der Waals surface area contributed by atoms with Gasteiger partial charge in [0.2, 0.25) is 5.91 Å². The Kier molecular flexibility index (Phi) is 21.2. The SMILES string of the molecule is CCCCCC/C=C\CCC(O)C(=O)NC(CS(=O)(=O)O)C(O)/C=C/CCCCCCCCCC. The van der Waals surface area contributed by atoms with E-state index in [9.17, 15) is 28.0 Å². The summed E-state index contributed by atoms with van der Waals surface area (Å²) in [4.78, 5) is 12.3. The van der Waals surface area contributed by atoms with Crippen LogP contribution < -0.4 is 5.32 Å². The van der Waals surface area contributed by atoms with E-state index in [0.29, 0.717) is 6.42 Å². The van der Waals surface area contributed by atoms with Crippen LogP contribution in [0.15, 0.2) is 24.3 Å². The van der Waals surface area contributed by atoms with Crippen molar-refractivity contribution >= 4 is 16.0 Å². The van der Waals surface area contributed by atoms with Crippen molar-refractivity contribution in [2.45, 2.75) is 135 Å². The average Bonchev–Trinajstić information content (AvgIpc) is 2.80. The highest BCUT2D eigenvalue weighted by Gasteiger charge is 2.27. The van der Waals surface area contributed by atoms with Crippen molar-refractivity contribution in [1.29, 1.82) is 0 Å². The second kappa shape index (κ2) is 22.0. The molecule has 0 aromatic rings. The number of hydrogen-bond donors (Lipinski definition) is 4. The maximum atomic E-state index is 12.3. The number of amides is 1. The molecule has 0 aliphatic heterocycles. The Morgan fingerprint density at radius 2 is 1.26 bits per heavy atom. The molecular weight excluding hydrogens is 466 g/mol. The zero-order valence-electron chi connectivity index (χ0n) is 22.0. The summed E-state index contributed by atoms with van der Waals surface area (Å²) in [7, 11) is -4.43. The second-order valence-electron chi connectivity index (χ2n) is 9.46. The summed E-state index contributed by atoms with van der Waals surface area (Å²) in [5.41, 5.74) is 0. The standard InChI is InChI=1S/C27H51NO6S/c1-3-5-7-9-11-13-14-16-17-19-21-25(29)24(23-35(32,33)34)28-27(31)26(30)22-20-18-15-12-10-8-6-4-2/h15,18-19,21,24-26,29-30H,3-14,16-17,20,22-23H2,1-2H3,(H,28,31)(H,32,33,34)/b18-15-,21-19+. The van der Waals surface area contributed by atoms with Crippen molar-refractivity contribution in [2.24, 2.45) is 0 Å². The minimum Gasteiger partial charge on any atom is -0.387 e. The van der Waals surface area contributed by atoms with Crippen LogP contribution in [0.2, 0.25) is 0 Å². The third kappa shape index (κ3) is 21.8. The van der Waals surface area contributed by atoms with E-state index >= 15 is 0 Å². The lowest BCUT2D eigenvalue weighted by atomic mass is 10.1. The number of aliphatic hydroxyl groups is 2. The van der Waals surface area contributed by atoms with Crippen molar-refractivity contribution in [1.82, 2.24) is 5.32 Å². The molecule has 4 N–H and O–H groups in total. The van der Waals surface area contributed by atoms with Crippen molar-refractivity contribution in [3.63, 3.8) is 0 Å². The predicted molar refractivity (Wildman–Crippen MR) is 144 cm³/mol. The first-order chi connectivity index (χ1) is 16.7. The van der Waals surface area contributed by atoms with E-state index in [1.54, 1.807) is 6.08 Å². The molecule has 8 heteroatoms. The van der Waals surface area contributed by atoms with Gasteiger partial charge in [0, 0.05) is 0 Å². The molecule has 0 bridgehead atoms. The zero-order chi connectivity index (χ0) is 26.4. The number of unbranched alkanes of at least 4 members (excludes halogenated alkanes) is 12. The van der Waals surface area contributed by atoms with Crippen LogP contribution in [0.5, 0.6) is 0 Å². The topological polar surface area (TPSA) is 124 Å². The maximum absolute atomic E-state index is 12.3. The molecule has 0 spiro atoms. The third-order valence-corrected chi connectivity index (χ3v) is 6.77. The molecule has 0 radical (unpaired) electrons. The Morgan fingerprint density at radius 1 is 0.771 bits per heavy atom. The molecule has 0 aliphatic carbocycles. The summed E-state index contributed by atoms with van der Waals surface area (Å²) < 4.78 is 32.0. The fraction of sp³-hybridized carbons (Fsp3) is 0.815. The number of allylic oxidation sites excluding steroid dienone is 3. The summed E-state index contributed by atoms with van der Waals surface area (Å²) >= 11 is 0. The van der Waals surface area contributed by atoms with E-state index in [1.807, 2.05) is 12.2 Å². The number of aliphatic hydroxyl groups excluding tert-OH is 2. The van der Waals surface area contributed by atoms with Crippen LogP contribution in [-0.2, 0) is 14.9 Å². The Bertz CT molecular complexity index is 677. The molecule has 3 unspecified atom stereocenters. The molecule has 1 amide bonds. The first kappa shape index (κ1) is 33.8. The van der Waals surface area contributed by atoms with Crippen LogP contribution in [0.1, 0.15) is 117 Å². The van der Waals surface area contributed by atoms with Crippen LogP contribution in [0, 0.1) is 0 Å². The molecule has 206 valence electrons. The summed E-state index contributed by atoms with van der Waals surface area (Å²) in [5.74, 6) is -1.59. The van der Waals surface area contributed by atoms with Crippen molar-refractivity contribution < 1.29 is 28.0 Å². The number of nitrogens with one attached hydrogen (secondary N) is 1. The molecular formula is C27H51NO6S. The van der Waals surface area contributed by atoms with Crippen LogP contribution in [0.25, 0.3) is 0 Å². The summed E-state index contributed by atoms with van der Waals surface area (Å²) in [6.07, 6.45) is 21.3. The van der Waals surface area contributed by atoms with Gasteiger partial charge in [-0.3, -0.25) is 9.35 Å². The van der Waals surface area contributed by atoms with Crippen molar-refractivity contribution in [2.75, 3.05) is 5.75 Å². The number of hydrogen-bond acceptors (Lipinski definition) is 5. The van der Waals surface area contributed by atoms with Gasteiger partial charge in [-0.2, -0.15) is 8.42 Å².